The van der Waals surface area contributed by atoms with E-state index in [1.165, 1.54) is 0 Å². The van der Waals surface area contributed by atoms with E-state index in [0.717, 1.165) is 0 Å². The molecule has 2 heterocycles. The Morgan fingerprint density at radius 3 is 2.22 bits per heavy atom. The Bertz CT molecular complexity index is 529. The first kappa shape index (κ1) is 22.0. The number of rotatable bonds is 3. The van der Waals surface area contributed by atoms with Gasteiger partial charge in [0.25, 0.3) is 0 Å². The number of carbonyl (C=O) groups is 2. The van der Waals surface area contributed by atoms with Crippen molar-refractivity contribution in [2.75, 3.05) is 32.8 Å². The van der Waals surface area contributed by atoms with Crippen LogP contribution in [0.4, 0.5) is 4.79 Å². The summed E-state index contributed by atoms with van der Waals surface area (Å²) >= 11 is 0. The molecular formula is C20H36N2O5. The van der Waals surface area contributed by atoms with Gasteiger partial charge in [-0.3, -0.25) is 4.79 Å². The predicted molar refractivity (Wildman–Crippen MR) is 103 cm³/mol. The second kappa shape index (κ2) is 8.35. The summed E-state index contributed by atoms with van der Waals surface area (Å²) in [6, 6.07) is 0.0249. The summed E-state index contributed by atoms with van der Waals surface area (Å²) < 4.78 is 16.7. The highest BCUT2D eigenvalue weighted by Gasteiger charge is 2.45. The van der Waals surface area contributed by atoms with Gasteiger partial charge in [-0.25, -0.2) is 4.79 Å². The lowest BCUT2D eigenvalue weighted by molar-refractivity contribution is -0.175. The Morgan fingerprint density at radius 1 is 1.07 bits per heavy atom. The maximum absolute atomic E-state index is 13.0. The largest absolute Gasteiger partial charge is 0.460 e. The fourth-order valence-electron chi connectivity index (χ4n) is 3.57. The molecule has 0 aliphatic carbocycles. The van der Waals surface area contributed by atoms with Crippen molar-refractivity contribution < 1.29 is 23.8 Å². The molecule has 2 aliphatic heterocycles. The smallest absolute Gasteiger partial charge is 0.410 e. The van der Waals surface area contributed by atoms with Crippen molar-refractivity contribution in [2.24, 2.45) is 5.41 Å². The van der Waals surface area contributed by atoms with Crippen LogP contribution >= 0.6 is 0 Å². The van der Waals surface area contributed by atoms with Crippen LogP contribution in [0.25, 0.3) is 0 Å². The number of nitrogens with one attached hydrogen (secondary N) is 1. The number of esters is 1. The second-order valence-corrected chi connectivity index (χ2v) is 9.68. The van der Waals surface area contributed by atoms with E-state index in [0.29, 0.717) is 52.1 Å². The molecule has 2 aliphatic rings. The van der Waals surface area contributed by atoms with E-state index in [9.17, 15) is 9.59 Å². The first-order valence-corrected chi connectivity index (χ1v) is 9.93. The fourth-order valence-corrected chi connectivity index (χ4v) is 3.57. The highest BCUT2D eigenvalue weighted by atomic mass is 16.6. The normalized spacial score (nSPS) is 23.6. The van der Waals surface area contributed by atoms with E-state index in [1.54, 1.807) is 4.90 Å². The third-order valence-electron chi connectivity index (χ3n) is 4.83. The molecule has 0 aromatic rings. The van der Waals surface area contributed by atoms with Crippen LogP contribution < -0.4 is 5.32 Å². The third-order valence-corrected chi connectivity index (χ3v) is 4.83. The van der Waals surface area contributed by atoms with Crippen molar-refractivity contribution in [3.8, 4) is 0 Å². The van der Waals surface area contributed by atoms with Gasteiger partial charge >= 0.3 is 12.1 Å². The molecule has 0 bridgehead atoms. The molecule has 0 aromatic carbocycles. The molecule has 2 fully saturated rings. The summed E-state index contributed by atoms with van der Waals surface area (Å²) in [6.45, 7) is 14.2. The topological polar surface area (TPSA) is 77.1 Å². The van der Waals surface area contributed by atoms with Crippen LogP contribution in [0.3, 0.4) is 0 Å². The molecule has 0 radical (unpaired) electrons. The molecule has 2 saturated heterocycles. The molecule has 156 valence electrons. The number of nitrogens with zero attached hydrogens (tertiary/aromatic N) is 1. The van der Waals surface area contributed by atoms with Crippen molar-refractivity contribution in [3.63, 3.8) is 0 Å². The summed E-state index contributed by atoms with van der Waals surface area (Å²) in [7, 11) is 0. The zero-order chi connectivity index (χ0) is 20.3. The Labute approximate surface area is 163 Å². The van der Waals surface area contributed by atoms with Crippen molar-refractivity contribution in [3.05, 3.63) is 0 Å². The number of amides is 1. The molecule has 1 unspecified atom stereocenters. The lowest BCUT2D eigenvalue weighted by atomic mass is 9.74. The average molecular weight is 385 g/mol. The minimum atomic E-state index is -0.569. The van der Waals surface area contributed by atoms with Crippen molar-refractivity contribution in [1.29, 1.82) is 0 Å². The van der Waals surface area contributed by atoms with Crippen LogP contribution in [0.1, 0.15) is 60.8 Å². The lowest BCUT2D eigenvalue weighted by Crippen LogP contribution is -2.56. The van der Waals surface area contributed by atoms with Gasteiger partial charge in [0, 0.05) is 38.9 Å². The van der Waals surface area contributed by atoms with Crippen LogP contribution in [0, 0.1) is 5.41 Å². The van der Waals surface area contributed by atoms with Crippen molar-refractivity contribution in [2.45, 2.75) is 78.0 Å². The zero-order valence-corrected chi connectivity index (χ0v) is 17.7. The van der Waals surface area contributed by atoms with Crippen LogP contribution in [-0.4, -0.2) is 67.1 Å². The van der Waals surface area contributed by atoms with Crippen LogP contribution in [0.15, 0.2) is 0 Å². The van der Waals surface area contributed by atoms with Gasteiger partial charge < -0.3 is 24.4 Å². The van der Waals surface area contributed by atoms with E-state index >= 15 is 0 Å². The van der Waals surface area contributed by atoms with E-state index in [1.807, 2.05) is 41.5 Å². The predicted octanol–water partition coefficient (Wildman–Crippen LogP) is 2.72. The summed E-state index contributed by atoms with van der Waals surface area (Å²) in [6.07, 6.45) is 1.62. The standard InChI is InChI=1S/C20H36N2O5/c1-18(2,3)26-16(23)20(7-11-25-12-8-20)13-15-14-22(10-9-21-15)17(24)27-19(4,5)6/h15,21H,7-14H2,1-6H3. The highest BCUT2D eigenvalue weighted by molar-refractivity contribution is 5.77. The second-order valence-electron chi connectivity index (χ2n) is 9.68. The number of hydrogen-bond acceptors (Lipinski definition) is 6. The third kappa shape index (κ3) is 6.64. The lowest BCUT2D eigenvalue weighted by Gasteiger charge is -2.42. The molecule has 0 aromatic heterocycles. The van der Waals surface area contributed by atoms with Gasteiger partial charge in [0.05, 0.1) is 5.41 Å². The molecule has 2 rings (SSSR count). The minimum Gasteiger partial charge on any atom is -0.460 e. The fraction of sp³-hybridized carbons (Fsp3) is 0.900. The van der Waals surface area contributed by atoms with Crippen molar-refractivity contribution in [1.82, 2.24) is 10.2 Å². The van der Waals surface area contributed by atoms with Crippen LogP contribution in [0.2, 0.25) is 0 Å². The molecule has 1 atom stereocenters. The van der Waals surface area contributed by atoms with E-state index < -0.39 is 16.6 Å². The van der Waals surface area contributed by atoms with Gasteiger partial charge in [0.15, 0.2) is 0 Å². The number of hydrogen-bond donors (Lipinski definition) is 1. The molecule has 27 heavy (non-hydrogen) atoms. The first-order chi connectivity index (χ1) is 12.4. The Morgan fingerprint density at radius 2 is 1.67 bits per heavy atom. The van der Waals surface area contributed by atoms with Crippen LogP contribution in [-0.2, 0) is 19.0 Å². The van der Waals surface area contributed by atoms with Gasteiger partial charge in [-0.2, -0.15) is 0 Å². The van der Waals surface area contributed by atoms with Crippen molar-refractivity contribution >= 4 is 12.1 Å². The zero-order valence-electron chi connectivity index (χ0n) is 17.7. The summed E-state index contributed by atoms with van der Waals surface area (Å²) in [4.78, 5) is 27.1. The van der Waals surface area contributed by atoms with E-state index in [4.69, 9.17) is 14.2 Å². The van der Waals surface area contributed by atoms with Gasteiger partial charge in [-0.1, -0.05) is 0 Å². The SMILES string of the molecule is CC(C)(C)OC(=O)N1CCNC(CC2(C(=O)OC(C)(C)C)CCOCC2)C1. The maximum atomic E-state index is 13.0. The van der Waals surface area contributed by atoms with Gasteiger partial charge in [-0.05, 0) is 60.8 Å². The Hall–Kier alpha value is -1.34. The monoisotopic (exact) mass is 384 g/mol. The molecule has 0 saturated carbocycles. The molecular weight excluding hydrogens is 348 g/mol. The maximum Gasteiger partial charge on any atom is 0.410 e. The summed E-state index contributed by atoms with van der Waals surface area (Å²) in [5.41, 5.74) is -1.61. The molecule has 7 nitrogen and oxygen atoms in total. The molecule has 1 amide bonds. The Kier molecular flexibility index (Phi) is 6.79. The van der Waals surface area contributed by atoms with Gasteiger partial charge in [0.1, 0.15) is 11.2 Å². The summed E-state index contributed by atoms with van der Waals surface area (Å²) in [5, 5.41) is 3.46. The van der Waals surface area contributed by atoms with E-state index in [2.05, 4.69) is 5.32 Å². The van der Waals surface area contributed by atoms with Gasteiger partial charge in [-0.15, -0.1) is 0 Å². The number of piperazine rings is 1. The van der Waals surface area contributed by atoms with Gasteiger partial charge in [0.2, 0.25) is 0 Å². The average Bonchev–Trinajstić information content (AvgIpc) is 2.53. The van der Waals surface area contributed by atoms with Crippen LogP contribution in [0.5, 0.6) is 0 Å². The minimum absolute atomic E-state index is 0.0249. The number of carbonyl (C=O) groups excluding carboxylic acids is 2. The molecule has 7 heteroatoms. The number of ether oxygens (including phenoxy) is 3. The highest BCUT2D eigenvalue weighted by Crippen LogP contribution is 2.38. The quantitative estimate of drug-likeness (QED) is 0.754. The van der Waals surface area contributed by atoms with E-state index in [-0.39, 0.29) is 18.1 Å². The molecule has 1 N–H and O–H groups in total. The first-order valence-electron chi connectivity index (χ1n) is 9.93. The Balaban J connectivity index is 2.06. The molecule has 0 spiro atoms. The summed E-state index contributed by atoms with van der Waals surface area (Å²) in [5.74, 6) is -0.158.